The summed E-state index contributed by atoms with van der Waals surface area (Å²) in [5, 5.41) is 11.7. The molecule has 5 nitrogen and oxygen atoms in total. The maximum Gasteiger partial charge on any atom is 0.229 e. The molecule has 0 aliphatic carbocycles. The van der Waals surface area contributed by atoms with Crippen LogP contribution in [0.3, 0.4) is 0 Å². The van der Waals surface area contributed by atoms with Crippen LogP contribution in [0.15, 0.2) is 48.5 Å². The molecule has 0 saturated carbocycles. The lowest BCUT2D eigenvalue weighted by Crippen LogP contribution is -2.37. The first-order valence-corrected chi connectivity index (χ1v) is 8.98. The molecule has 27 heavy (non-hydrogen) atoms. The molecule has 1 aliphatic rings. The number of benzene rings is 2. The van der Waals surface area contributed by atoms with Crippen LogP contribution >= 0.6 is 0 Å². The van der Waals surface area contributed by atoms with Crippen molar-refractivity contribution >= 4 is 17.5 Å². The van der Waals surface area contributed by atoms with Crippen molar-refractivity contribution in [2.24, 2.45) is 5.92 Å². The zero-order valence-corrected chi connectivity index (χ0v) is 15.2. The summed E-state index contributed by atoms with van der Waals surface area (Å²) >= 11 is 0. The Bertz CT molecular complexity index is 911. The summed E-state index contributed by atoms with van der Waals surface area (Å²) in [5.41, 5.74) is 3.48. The molecule has 3 rings (SSSR count). The molecule has 138 valence electrons. The van der Waals surface area contributed by atoms with Crippen molar-refractivity contribution in [2.45, 2.75) is 19.9 Å². The third-order valence-electron chi connectivity index (χ3n) is 4.53. The predicted octanol–water partition coefficient (Wildman–Crippen LogP) is 2.07. The molecule has 1 unspecified atom stereocenters. The molecule has 2 aromatic carbocycles. The number of hydrogen-bond acceptors (Lipinski definition) is 3. The molecular formula is C22H22N2O3. The fourth-order valence-corrected chi connectivity index (χ4v) is 2.89. The molecule has 1 aliphatic heterocycles. The smallest absolute Gasteiger partial charge is 0.229 e. The number of aliphatic hydroxyl groups is 1. The zero-order valence-electron chi connectivity index (χ0n) is 15.2. The van der Waals surface area contributed by atoms with Gasteiger partial charge in [0.2, 0.25) is 11.8 Å². The molecule has 0 fully saturated rings. The van der Waals surface area contributed by atoms with Gasteiger partial charge in [-0.15, -0.1) is 0 Å². The first-order chi connectivity index (χ1) is 13.1. The third-order valence-corrected chi connectivity index (χ3v) is 4.53. The van der Waals surface area contributed by atoms with E-state index in [4.69, 9.17) is 5.11 Å². The lowest BCUT2D eigenvalue weighted by atomic mass is 10.0. The topological polar surface area (TPSA) is 69.6 Å². The minimum atomic E-state index is -0.482. The molecule has 5 heteroatoms. The van der Waals surface area contributed by atoms with Gasteiger partial charge in [-0.3, -0.25) is 9.59 Å². The average molecular weight is 362 g/mol. The second kappa shape index (κ2) is 8.52. The molecular weight excluding hydrogens is 340 g/mol. The second-order valence-corrected chi connectivity index (χ2v) is 6.53. The molecule has 2 aromatic rings. The van der Waals surface area contributed by atoms with Crippen molar-refractivity contribution in [1.82, 2.24) is 5.32 Å². The third kappa shape index (κ3) is 4.36. The van der Waals surface area contributed by atoms with Crippen molar-refractivity contribution in [2.75, 3.05) is 18.1 Å². The average Bonchev–Trinajstić information content (AvgIpc) is 2.68. The Hall–Kier alpha value is -3.10. The summed E-state index contributed by atoms with van der Waals surface area (Å²) in [6.07, 6.45) is 0.174. The lowest BCUT2D eigenvalue weighted by molar-refractivity contribution is -0.125. The van der Waals surface area contributed by atoms with Gasteiger partial charge < -0.3 is 15.3 Å². The number of para-hydroxylation sites is 1. The largest absolute Gasteiger partial charge is 0.396 e. The number of anilines is 1. The van der Waals surface area contributed by atoms with Crippen LogP contribution < -0.4 is 10.2 Å². The van der Waals surface area contributed by atoms with E-state index in [2.05, 4.69) is 17.2 Å². The van der Waals surface area contributed by atoms with E-state index in [1.807, 2.05) is 48.5 Å². The maximum absolute atomic E-state index is 12.9. The van der Waals surface area contributed by atoms with Gasteiger partial charge in [0.25, 0.3) is 0 Å². The Kier molecular flexibility index (Phi) is 5.90. The van der Waals surface area contributed by atoms with Crippen LogP contribution in [-0.4, -0.2) is 30.1 Å². The predicted molar refractivity (Wildman–Crippen MR) is 104 cm³/mol. The van der Waals surface area contributed by atoms with Gasteiger partial charge >= 0.3 is 0 Å². The van der Waals surface area contributed by atoms with Gasteiger partial charge in [-0.2, -0.15) is 0 Å². The molecule has 0 bridgehead atoms. The van der Waals surface area contributed by atoms with Crippen LogP contribution in [0.1, 0.15) is 30.0 Å². The quantitative estimate of drug-likeness (QED) is 0.800. The van der Waals surface area contributed by atoms with E-state index in [-0.39, 0.29) is 31.4 Å². The Morgan fingerprint density at radius 2 is 1.78 bits per heavy atom. The van der Waals surface area contributed by atoms with Gasteiger partial charge in [0, 0.05) is 24.1 Å². The molecule has 2 N–H and O–H groups in total. The molecule has 0 spiro atoms. The minimum absolute atomic E-state index is 0.0853. The maximum atomic E-state index is 12.9. The molecule has 2 amide bonds. The number of carbonyl (C=O) groups is 2. The highest BCUT2D eigenvalue weighted by atomic mass is 16.3. The number of nitrogens with zero attached hydrogens (tertiary/aromatic N) is 1. The van der Waals surface area contributed by atoms with Gasteiger partial charge in [0.05, 0.1) is 24.8 Å². The Morgan fingerprint density at radius 1 is 1.11 bits per heavy atom. The van der Waals surface area contributed by atoms with E-state index in [1.165, 1.54) is 0 Å². The van der Waals surface area contributed by atoms with Crippen LogP contribution in [0, 0.1) is 17.8 Å². The van der Waals surface area contributed by atoms with E-state index in [9.17, 15) is 9.59 Å². The summed E-state index contributed by atoms with van der Waals surface area (Å²) in [7, 11) is 0. The van der Waals surface area contributed by atoms with Crippen LogP contribution in [0.4, 0.5) is 5.69 Å². The minimum Gasteiger partial charge on any atom is -0.396 e. The summed E-state index contributed by atoms with van der Waals surface area (Å²) in [6.45, 7) is 2.09. The Balaban J connectivity index is 1.81. The SMILES string of the molecule is CC(CO)C(=O)NCCC(=O)N1Cc2ccccc2C#Cc2ccccc21. The van der Waals surface area contributed by atoms with E-state index >= 15 is 0 Å². The standard InChI is InChI=1S/C22H22N2O3/c1-16(15-25)22(27)23-13-12-21(26)24-14-19-8-3-2-6-17(19)10-11-18-7-4-5-9-20(18)24/h2-9,16,25H,12-15H2,1H3,(H,23,27). The Morgan fingerprint density at radius 3 is 2.56 bits per heavy atom. The van der Waals surface area contributed by atoms with Crippen molar-refractivity contribution < 1.29 is 14.7 Å². The summed E-state index contributed by atoms with van der Waals surface area (Å²) < 4.78 is 0. The molecule has 0 aromatic heterocycles. The first kappa shape index (κ1) is 18.7. The zero-order chi connectivity index (χ0) is 19.2. The fraction of sp³-hybridized carbons (Fsp3) is 0.273. The Labute approximate surface area is 159 Å². The number of aliphatic hydroxyl groups excluding tert-OH is 1. The number of carbonyl (C=O) groups excluding carboxylic acids is 2. The van der Waals surface area contributed by atoms with Gasteiger partial charge in [0.1, 0.15) is 0 Å². The van der Waals surface area contributed by atoms with E-state index < -0.39 is 5.92 Å². The van der Waals surface area contributed by atoms with E-state index in [1.54, 1.807) is 11.8 Å². The highest BCUT2D eigenvalue weighted by Gasteiger charge is 2.21. The normalized spacial score (nSPS) is 13.2. The van der Waals surface area contributed by atoms with Gasteiger partial charge in [-0.05, 0) is 23.8 Å². The van der Waals surface area contributed by atoms with Crippen LogP contribution in [0.5, 0.6) is 0 Å². The van der Waals surface area contributed by atoms with Crippen molar-refractivity contribution in [3.8, 4) is 11.8 Å². The highest BCUT2D eigenvalue weighted by molar-refractivity contribution is 5.95. The lowest BCUT2D eigenvalue weighted by Gasteiger charge is -2.26. The fourth-order valence-electron chi connectivity index (χ4n) is 2.89. The van der Waals surface area contributed by atoms with Gasteiger partial charge in [-0.25, -0.2) is 0 Å². The van der Waals surface area contributed by atoms with Crippen LogP contribution in [0.2, 0.25) is 0 Å². The van der Waals surface area contributed by atoms with Crippen molar-refractivity contribution in [1.29, 1.82) is 0 Å². The summed E-state index contributed by atoms with van der Waals surface area (Å²) in [5.74, 6) is 5.53. The molecule has 1 atom stereocenters. The number of nitrogens with one attached hydrogen (secondary N) is 1. The van der Waals surface area contributed by atoms with E-state index in [0.29, 0.717) is 6.54 Å². The first-order valence-electron chi connectivity index (χ1n) is 8.98. The summed E-state index contributed by atoms with van der Waals surface area (Å²) in [6, 6.07) is 15.4. The van der Waals surface area contributed by atoms with E-state index in [0.717, 1.165) is 22.4 Å². The number of rotatable bonds is 5. The monoisotopic (exact) mass is 362 g/mol. The van der Waals surface area contributed by atoms with Crippen molar-refractivity contribution in [3.05, 3.63) is 65.2 Å². The van der Waals surface area contributed by atoms with Crippen LogP contribution in [0.25, 0.3) is 0 Å². The number of fused-ring (bicyclic) bond motifs is 2. The molecule has 0 radical (unpaired) electrons. The molecule has 0 saturated heterocycles. The van der Waals surface area contributed by atoms with Gasteiger partial charge in [0.15, 0.2) is 0 Å². The second-order valence-electron chi connectivity index (χ2n) is 6.53. The summed E-state index contributed by atoms with van der Waals surface area (Å²) in [4.78, 5) is 26.4. The molecule has 1 heterocycles. The van der Waals surface area contributed by atoms with Gasteiger partial charge in [-0.1, -0.05) is 49.1 Å². The number of hydrogen-bond donors (Lipinski definition) is 2. The van der Waals surface area contributed by atoms with Crippen molar-refractivity contribution in [3.63, 3.8) is 0 Å². The number of amides is 2. The van der Waals surface area contributed by atoms with Crippen LogP contribution in [-0.2, 0) is 16.1 Å². The highest BCUT2D eigenvalue weighted by Crippen LogP contribution is 2.25.